The number of nitrogens with zero attached hydrogens (tertiary/aromatic N) is 1. The maximum absolute atomic E-state index is 11.9. The van der Waals surface area contributed by atoms with Crippen molar-refractivity contribution in [1.82, 2.24) is 5.32 Å². The first kappa shape index (κ1) is 17.3. The summed E-state index contributed by atoms with van der Waals surface area (Å²) < 4.78 is 12.6. The van der Waals surface area contributed by atoms with Crippen molar-refractivity contribution in [3.63, 3.8) is 0 Å². The first-order valence-electron chi connectivity index (χ1n) is 7.32. The number of hydrogen-bond donors (Lipinski definition) is 1. The molecule has 122 valence electrons. The lowest BCUT2D eigenvalue weighted by molar-refractivity contribution is -0.695. The minimum absolute atomic E-state index is 0. The van der Waals surface area contributed by atoms with Gasteiger partial charge in [0.15, 0.2) is 30.4 Å². The van der Waals surface area contributed by atoms with Crippen molar-refractivity contribution >= 4 is 5.91 Å². The van der Waals surface area contributed by atoms with Crippen molar-refractivity contribution in [2.45, 2.75) is 26.4 Å². The van der Waals surface area contributed by atoms with Crippen LogP contribution in [0.15, 0.2) is 42.7 Å². The van der Waals surface area contributed by atoms with Crippen molar-refractivity contribution in [2.75, 3.05) is 6.79 Å². The molecule has 0 saturated heterocycles. The van der Waals surface area contributed by atoms with Gasteiger partial charge >= 0.3 is 0 Å². The normalized spacial score (nSPS) is 11.7. The number of benzene rings is 1. The van der Waals surface area contributed by atoms with Crippen LogP contribution in [-0.4, -0.2) is 12.7 Å². The van der Waals surface area contributed by atoms with E-state index in [4.69, 9.17) is 9.47 Å². The Balaban J connectivity index is 0.00000192. The molecule has 6 heteroatoms. The molecule has 0 fully saturated rings. The number of aryl methyl sites for hydroxylation is 2. The first-order chi connectivity index (χ1) is 10.7. The van der Waals surface area contributed by atoms with E-state index in [1.165, 1.54) is 5.56 Å². The number of carbonyl (C=O) groups is 1. The van der Waals surface area contributed by atoms with Gasteiger partial charge in [0.05, 0.1) is 6.42 Å². The van der Waals surface area contributed by atoms with E-state index in [2.05, 4.69) is 5.32 Å². The van der Waals surface area contributed by atoms with E-state index < -0.39 is 0 Å². The molecule has 2 aromatic rings. The Morgan fingerprint density at radius 3 is 2.70 bits per heavy atom. The molecule has 3 rings (SSSR count). The molecule has 1 aliphatic rings. The summed E-state index contributed by atoms with van der Waals surface area (Å²) in [5, 5.41) is 2.92. The molecule has 1 aromatic carbocycles. The number of aromatic nitrogens is 1. The van der Waals surface area contributed by atoms with E-state index in [9.17, 15) is 4.79 Å². The fourth-order valence-electron chi connectivity index (χ4n) is 2.25. The van der Waals surface area contributed by atoms with Crippen molar-refractivity contribution in [2.24, 2.45) is 0 Å². The van der Waals surface area contributed by atoms with Crippen LogP contribution < -0.4 is 36.3 Å². The summed E-state index contributed by atoms with van der Waals surface area (Å²) in [6.07, 6.45) is 4.43. The Hall–Kier alpha value is -2.08. The van der Waals surface area contributed by atoms with E-state index in [-0.39, 0.29) is 29.7 Å². The van der Waals surface area contributed by atoms with Crippen LogP contribution in [0, 0.1) is 6.92 Å². The summed E-state index contributed by atoms with van der Waals surface area (Å²) in [4.78, 5) is 11.9. The summed E-state index contributed by atoms with van der Waals surface area (Å²) in [6, 6.07) is 9.76. The highest BCUT2D eigenvalue weighted by Crippen LogP contribution is 2.32. The summed E-state index contributed by atoms with van der Waals surface area (Å²) in [7, 11) is 0. The molecule has 23 heavy (non-hydrogen) atoms. The van der Waals surface area contributed by atoms with Crippen molar-refractivity contribution in [3.8, 4) is 11.5 Å². The molecule has 0 unspecified atom stereocenters. The van der Waals surface area contributed by atoms with Gasteiger partial charge in [0.1, 0.15) is 0 Å². The Morgan fingerprint density at radius 2 is 1.91 bits per heavy atom. The quantitative estimate of drug-likeness (QED) is 0.659. The molecule has 0 spiro atoms. The Kier molecular flexibility index (Phi) is 5.98. The number of pyridine rings is 1. The van der Waals surface area contributed by atoms with Gasteiger partial charge in [-0.05, 0) is 30.2 Å². The molecular formula is C17H19BrN2O3. The minimum Gasteiger partial charge on any atom is -1.00 e. The van der Waals surface area contributed by atoms with Crippen LogP contribution in [0.2, 0.25) is 0 Å². The van der Waals surface area contributed by atoms with Crippen LogP contribution in [-0.2, 0) is 17.9 Å². The molecule has 1 aliphatic heterocycles. The van der Waals surface area contributed by atoms with Crippen LogP contribution in [0.5, 0.6) is 11.5 Å². The zero-order valence-corrected chi connectivity index (χ0v) is 14.5. The van der Waals surface area contributed by atoms with Gasteiger partial charge in [0.25, 0.3) is 0 Å². The standard InChI is InChI=1S/C17H18N2O3.BrH/c1-13-4-7-19(8-5-13)9-6-17(20)18-11-14-2-3-15-16(10-14)22-12-21-15;/h2-5,7-8,10H,6,9,11-12H2,1H3;1H. The number of rotatable bonds is 5. The second-order valence-corrected chi connectivity index (χ2v) is 5.33. The molecule has 0 bridgehead atoms. The summed E-state index contributed by atoms with van der Waals surface area (Å²) >= 11 is 0. The fourth-order valence-corrected chi connectivity index (χ4v) is 2.25. The highest BCUT2D eigenvalue weighted by atomic mass is 79.9. The van der Waals surface area contributed by atoms with Crippen LogP contribution in [0.3, 0.4) is 0 Å². The number of carbonyl (C=O) groups excluding carboxylic acids is 1. The summed E-state index contributed by atoms with van der Waals surface area (Å²) in [5.74, 6) is 1.53. The monoisotopic (exact) mass is 378 g/mol. The van der Waals surface area contributed by atoms with Gasteiger partial charge in [0.2, 0.25) is 12.7 Å². The fraction of sp³-hybridized carbons (Fsp3) is 0.294. The predicted octanol–water partition coefficient (Wildman–Crippen LogP) is -1.28. The second-order valence-electron chi connectivity index (χ2n) is 5.33. The molecule has 1 aromatic heterocycles. The van der Waals surface area contributed by atoms with Crippen molar-refractivity contribution in [3.05, 3.63) is 53.9 Å². The third kappa shape index (κ3) is 4.69. The molecule has 0 aliphatic carbocycles. The number of hydrogen-bond acceptors (Lipinski definition) is 3. The Labute approximate surface area is 146 Å². The maximum atomic E-state index is 11.9. The van der Waals surface area contributed by atoms with Gasteiger partial charge in [-0.3, -0.25) is 4.79 Å². The average Bonchev–Trinajstić information content (AvgIpc) is 3.00. The smallest absolute Gasteiger partial charge is 0.231 e. The van der Waals surface area contributed by atoms with Crippen LogP contribution in [0.4, 0.5) is 0 Å². The van der Waals surface area contributed by atoms with Gasteiger partial charge in [0, 0.05) is 18.7 Å². The topological polar surface area (TPSA) is 51.4 Å². The van der Waals surface area contributed by atoms with Gasteiger partial charge < -0.3 is 31.8 Å². The molecule has 0 atom stereocenters. The number of nitrogens with one attached hydrogen (secondary N) is 1. The van der Waals surface area contributed by atoms with Crippen LogP contribution in [0.25, 0.3) is 0 Å². The van der Waals surface area contributed by atoms with Crippen LogP contribution >= 0.6 is 0 Å². The lowest BCUT2D eigenvalue weighted by Crippen LogP contribution is -3.00. The van der Waals surface area contributed by atoms with E-state index in [1.807, 2.05) is 54.2 Å². The molecule has 2 heterocycles. The highest BCUT2D eigenvalue weighted by Gasteiger charge is 2.13. The number of halogens is 1. The minimum atomic E-state index is 0. The SMILES string of the molecule is Cc1cc[n+](CCC(=O)NCc2ccc3c(c2)OCO3)cc1.[Br-]. The number of ether oxygens (including phenoxy) is 2. The predicted molar refractivity (Wildman–Crippen MR) is 80.4 cm³/mol. The van der Waals surface area contributed by atoms with Gasteiger partial charge in [-0.2, -0.15) is 0 Å². The zero-order chi connectivity index (χ0) is 15.4. The lowest BCUT2D eigenvalue weighted by Gasteiger charge is -2.05. The largest absolute Gasteiger partial charge is 1.00 e. The molecule has 0 saturated carbocycles. The molecule has 0 radical (unpaired) electrons. The Bertz CT molecular complexity index is 674. The van der Waals surface area contributed by atoms with Crippen molar-refractivity contribution < 1.29 is 35.8 Å². The zero-order valence-electron chi connectivity index (χ0n) is 12.9. The molecular weight excluding hydrogens is 360 g/mol. The van der Waals surface area contributed by atoms with Gasteiger partial charge in [-0.25, -0.2) is 4.57 Å². The van der Waals surface area contributed by atoms with Crippen LogP contribution in [0.1, 0.15) is 17.5 Å². The number of fused-ring (bicyclic) bond motifs is 1. The van der Waals surface area contributed by atoms with E-state index in [0.717, 1.165) is 17.1 Å². The second kappa shape index (κ2) is 7.97. The third-order valence-corrected chi connectivity index (χ3v) is 3.58. The molecule has 1 N–H and O–H groups in total. The lowest BCUT2D eigenvalue weighted by atomic mass is 10.2. The molecule has 1 amide bonds. The summed E-state index contributed by atoms with van der Waals surface area (Å²) in [5.41, 5.74) is 2.21. The highest BCUT2D eigenvalue weighted by molar-refractivity contribution is 5.75. The van der Waals surface area contributed by atoms with E-state index >= 15 is 0 Å². The maximum Gasteiger partial charge on any atom is 0.231 e. The third-order valence-electron chi connectivity index (χ3n) is 3.58. The summed E-state index contributed by atoms with van der Waals surface area (Å²) in [6.45, 7) is 3.47. The first-order valence-corrected chi connectivity index (χ1v) is 7.32. The van der Waals surface area contributed by atoms with Crippen molar-refractivity contribution in [1.29, 1.82) is 0 Å². The van der Waals surface area contributed by atoms with Gasteiger partial charge in [-0.15, -0.1) is 0 Å². The Morgan fingerprint density at radius 1 is 1.17 bits per heavy atom. The molecule has 5 nitrogen and oxygen atoms in total. The average molecular weight is 379 g/mol. The van der Waals surface area contributed by atoms with E-state index in [1.54, 1.807) is 0 Å². The van der Waals surface area contributed by atoms with Gasteiger partial charge in [-0.1, -0.05) is 6.07 Å². The van der Waals surface area contributed by atoms with E-state index in [0.29, 0.717) is 19.5 Å². The number of amides is 1.